The zero-order valence-electron chi connectivity index (χ0n) is 14.8. The number of nitrogens with zero attached hydrogens (tertiary/aromatic N) is 1. The molecule has 1 aliphatic heterocycles. The van der Waals surface area contributed by atoms with Gasteiger partial charge in [-0.15, -0.1) is 6.42 Å². The summed E-state index contributed by atoms with van der Waals surface area (Å²) in [7, 11) is 1.52. The number of amides is 2. The molecule has 2 aromatic carbocycles. The van der Waals surface area contributed by atoms with Crippen LogP contribution in [0.15, 0.2) is 40.9 Å². The summed E-state index contributed by atoms with van der Waals surface area (Å²) in [4.78, 5) is 26.4. The van der Waals surface area contributed by atoms with E-state index in [1.165, 1.54) is 7.11 Å². The zero-order chi connectivity index (χ0) is 20.3. The zero-order valence-corrected chi connectivity index (χ0v) is 17.9. The third kappa shape index (κ3) is 4.30. The van der Waals surface area contributed by atoms with Crippen molar-refractivity contribution in [1.29, 1.82) is 0 Å². The molecule has 5 nitrogen and oxygen atoms in total. The van der Waals surface area contributed by atoms with E-state index in [1.807, 2.05) is 6.07 Å². The second-order valence-corrected chi connectivity index (χ2v) is 8.28. The molecule has 0 aromatic heterocycles. The number of rotatable bonds is 6. The Bertz CT molecular complexity index is 975. The van der Waals surface area contributed by atoms with Gasteiger partial charge < -0.3 is 9.47 Å². The summed E-state index contributed by atoms with van der Waals surface area (Å²) >= 11 is 10.4. The number of methoxy groups -OCH3 is 1. The molecule has 1 saturated heterocycles. The van der Waals surface area contributed by atoms with Crippen molar-refractivity contribution in [3.05, 3.63) is 51.5 Å². The molecule has 1 heterocycles. The summed E-state index contributed by atoms with van der Waals surface area (Å²) in [5, 5.41) is -0.402. The number of carbonyl (C=O) groups excluding carboxylic acids is 2. The average molecular weight is 481 g/mol. The highest BCUT2D eigenvalue weighted by Gasteiger charge is 2.40. The van der Waals surface area contributed by atoms with Gasteiger partial charge in [0.1, 0.15) is 6.61 Å². The van der Waals surface area contributed by atoms with Crippen molar-refractivity contribution < 1.29 is 19.1 Å². The Morgan fingerprint density at radius 1 is 1.32 bits per heavy atom. The van der Waals surface area contributed by atoms with Gasteiger partial charge in [-0.25, -0.2) is 4.90 Å². The van der Waals surface area contributed by atoms with E-state index in [0.29, 0.717) is 33.1 Å². The van der Waals surface area contributed by atoms with Crippen molar-refractivity contribution in [2.75, 3.05) is 18.6 Å². The quantitative estimate of drug-likeness (QED) is 0.549. The van der Waals surface area contributed by atoms with Crippen molar-refractivity contribution in [3.8, 4) is 23.8 Å². The van der Waals surface area contributed by atoms with Gasteiger partial charge in [-0.2, -0.15) is 0 Å². The van der Waals surface area contributed by atoms with Crippen molar-refractivity contribution in [2.45, 2.75) is 11.7 Å². The standard InChI is InChI=1S/C20H15BrClNO4S/c1-3-7-27-18-15(21)8-12(9-16(18)26-2)10-17-19(24)23(20(25)28-17)14-6-4-5-13(22)11-14/h1,4-6,8-9,11,17H,7,10H2,2H3/t17-/m1/s1. The summed E-state index contributed by atoms with van der Waals surface area (Å²) in [6, 6.07) is 10.3. The van der Waals surface area contributed by atoms with E-state index >= 15 is 0 Å². The minimum Gasteiger partial charge on any atom is -0.493 e. The maximum atomic E-state index is 12.8. The molecule has 0 saturated carbocycles. The monoisotopic (exact) mass is 479 g/mol. The second kappa shape index (κ2) is 8.91. The summed E-state index contributed by atoms with van der Waals surface area (Å²) < 4.78 is 11.5. The first-order valence-corrected chi connectivity index (χ1v) is 10.2. The molecule has 28 heavy (non-hydrogen) atoms. The van der Waals surface area contributed by atoms with Crippen LogP contribution in [0.1, 0.15) is 5.56 Å². The van der Waals surface area contributed by atoms with Crippen LogP contribution in [0.5, 0.6) is 11.5 Å². The summed E-state index contributed by atoms with van der Waals surface area (Å²) in [6.45, 7) is 0.106. The molecule has 2 amide bonds. The maximum Gasteiger partial charge on any atom is 0.293 e. The van der Waals surface area contributed by atoms with Crippen LogP contribution in [0.2, 0.25) is 5.02 Å². The highest BCUT2D eigenvalue weighted by Crippen LogP contribution is 2.39. The Labute approximate surface area is 180 Å². The van der Waals surface area contributed by atoms with E-state index in [1.54, 1.807) is 30.3 Å². The van der Waals surface area contributed by atoms with Crippen molar-refractivity contribution in [3.63, 3.8) is 0 Å². The number of carbonyl (C=O) groups is 2. The molecule has 0 aliphatic carbocycles. The lowest BCUT2D eigenvalue weighted by molar-refractivity contribution is -0.117. The fraction of sp³-hybridized carbons (Fsp3) is 0.200. The average Bonchev–Trinajstić information content (AvgIpc) is 2.93. The predicted octanol–water partition coefficient (Wildman–Crippen LogP) is 4.93. The summed E-state index contributed by atoms with van der Waals surface area (Å²) in [5.74, 6) is 3.11. The van der Waals surface area contributed by atoms with E-state index in [2.05, 4.69) is 21.9 Å². The van der Waals surface area contributed by atoms with Crippen LogP contribution in [-0.4, -0.2) is 30.1 Å². The van der Waals surface area contributed by atoms with Crippen LogP contribution in [0.4, 0.5) is 10.5 Å². The molecule has 1 aliphatic rings. The molecule has 0 unspecified atom stereocenters. The Morgan fingerprint density at radius 3 is 2.79 bits per heavy atom. The number of thioether (sulfide) groups is 1. The van der Waals surface area contributed by atoms with Crippen LogP contribution < -0.4 is 14.4 Å². The van der Waals surface area contributed by atoms with E-state index in [0.717, 1.165) is 22.2 Å². The molecule has 2 aromatic rings. The highest BCUT2D eigenvalue weighted by atomic mass is 79.9. The number of hydrogen-bond donors (Lipinski definition) is 0. The van der Waals surface area contributed by atoms with Gasteiger partial charge in [0.2, 0.25) is 5.91 Å². The highest BCUT2D eigenvalue weighted by molar-refractivity contribution is 9.10. The third-order valence-corrected chi connectivity index (χ3v) is 5.86. The molecule has 0 radical (unpaired) electrons. The molecular formula is C20H15BrClNO4S. The van der Waals surface area contributed by atoms with Gasteiger partial charge in [-0.3, -0.25) is 9.59 Å². The second-order valence-electron chi connectivity index (χ2n) is 5.83. The van der Waals surface area contributed by atoms with Crippen LogP contribution >= 0.6 is 39.3 Å². The van der Waals surface area contributed by atoms with Crippen LogP contribution in [0.3, 0.4) is 0 Å². The number of benzene rings is 2. The van der Waals surface area contributed by atoms with Gasteiger partial charge in [0.25, 0.3) is 5.24 Å². The molecular weight excluding hydrogens is 466 g/mol. The van der Waals surface area contributed by atoms with E-state index in [4.69, 9.17) is 27.5 Å². The Hall–Kier alpha value is -2.14. The largest absolute Gasteiger partial charge is 0.493 e. The van der Waals surface area contributed by atoms with Gasteiger partial charge in [0.15, 0.2) is 11.5 Å². The van der Waals surface area contributed by atoms with Crippen LogP contribution in [-0.2, 0) is 11.2 Å². The minimum absolute atomic E-state index is 0.106. The smallest absolute Gasteiger partial charge is 0.293 e. The van der Waals surface area contributed by atoms with E-state index in [-0.39, 0.29) is 17.8 Å². The van der Waals surface area contributed by atoms with Gasteiger partial charge in [0.05, 0.1) is 22.5 Å². The molecule has 144 valence electrons. The first kappa shape index (κ1) is 20.6. The molecule has 0 N–H and O–H groups in total. The maximum absolute atomic E-state index is 12.8. The van der Waals surface area contributed by atoms with Crippen LogP contribution in [0.25, 0.3) is 0 Å². The fourth-order valence-corrected chi connectivity index (χ4v) is 4.61. The first-order valence-electron chi connectivity index (χ1n) is 8.17. The lowest BCUT2D eigenvalue weighted by Gasteiger charge is -2.15. The number of anilines is 1. The molecule has 1 atom stereocenters. The number of terminal acetylenes is 1. The Balaban J connectivity index is 1.82. The Morgan fingerprint density at radius 2 is 2.11 bits per heavy atom. The normalized spacial score (nSPS) is 16.2. The first-order chi connectivity index (χ1) is 13.4. The van der Waals surface area contributed by atoms with Gasteiger partial charge in [-0.05, 0) is 58.2 Å². The van der Waals surface area contributed by atoms with Gasteiger partial charge >= 0.3 is 0 Å². The van der Waals surface area contributed by atoms with Crippen LogP contribution in [0, 0.1) is 12.3 Å². The number of imide groups is 1. The minimum atomic E-state index is -0.541. The molecule has 8 heteroatoms. The topological polar surface area (TPSA) is 55.8 Å². The fourth-order valence-electron chi connectivity index (χ4n) is 2.79. The number of halogens is 2. The lowest BCUT2D eigenvalue weighted by atomic mass is 10.1. The SMILES string of the molecule is C#CCOc1c(Br)cc(C[C@H]2SC(=O)N(c3cccc(Cl)c3)C2=O)cc1OC. The van der Waals surface area contributed by atoms with Crippen molar-refractivity contribution in [2.24, 2.45) is 0 Å². The van der Waals surface area contributed by atoms with Crippen molar-refractivity contribution in [1.82, 2.24) is 0 Å². The van der Waals surface area contributed by atoms with E-state index in [9.17, 15) is 9.59 Å². The molecule has 0 bridgehead atoms. The molecule has 3 rings (SSSR count). The summed E-state index contributed by atoms with van der Waals surface area (Å²) in [6.07, 6.45) is 5.60. The predicted molar refractivity (Wildman–Crippen MR) is 114 cm³/mol. The molecule has 0 spiro atoms. The third-order valence-electron chi connectivity index (χ3n) is 4.00. The van der Waals surface area contributed by atoms with Gasteiger partial charge in [0, 0.05) is 5.02 Å². The summed E-state index contributed by atoms with van der Waals surface area (Å²) in [5.41, 5.74) is 1.29. The Kier molecular flexibility index (Phi) is 6.55. The molecule has 1 fully saturated rings. The van der Waals surface area contributed by atoms with Gasteiger partial charge in [-0.1, -0.05) is 35.3 Å². The van der Waals surface area contributed by atoms with E-state index < -0.39 is 5.25 Å². The lowest BCUT2D eigenvalue weighted by Crippen LogP contribution is -2.32. The number of ether oxygens (including phenoxy) is 2. The number of hydrogen-bond acceptors (Lipinski definition) is 5. The van der Waals surface area contributed by atoms with Crippen molar-refractivity contribution >= 4 is 56.1 Å².